The summed E-state index contributed by atoms with van der Waals surface area (Å²) in [5.74, 6) is 0. The van der Waals surface area contributed by atoms with E-state index < -0.39 is 0 Å². The Labute approximate surface area is 196 Å². The minimum Gasteiger partial charge on any atom is -0.135 e. The van der Waals surface area contributed by atoms with Gasteiger partial charge in [0.1, 0.15) is 0 Å². The van der Waals surface area contributed by atoms with E-state index in [1.807, 2.05) is 11.3 Å². The summed E-state index contributed by atoms with van der Waals surface area (Å²) in [7, 11) is 0. The zero-order chi connectivity index (χ0) is 21.8. The molecule has 6 aromatic carbocycles. The minimum atomic E-state index is 1.27. The Balaban J connectivity index is 1.46. The van der Waals surface area contributed by atoms with Gasteiger partial charge in [0.05, 0.1) is 0 Å². The maximum absolute atomic E-state index is 2.38. The molecule has 0 N–H and O–H groups in total. The highest BCUT2D eigenvalue weighted by atomic mass is 32.1. The van der Waals surface area contributed by atoms with Crippen molar-refractivity contribution in [1.82, 2.24) is 0 Å². The molecule has 0 aliphatic heterocycles. The third-order valence-corrected chi connectivity index (χ3v) is 7.82. The van der Waals surface area contributed by atoms with E-state index in [1.165, 1.54) is 64.0 Å². The summed E-state index contributed by atoms with van der Waals surface area (Å²) < 4.78 is 2.67. The molecular formula is C32H20S. The maximum atomic E-state index is 2.38. The van der Waals surface area contributed by atoms with E-state index in [-0.39, 0.29) is 0 Å². The Morgan fingerprint density at radius 2 is 0.818 bits per heavy atom. The Morgan fingerprint density at radius 3 is 1.33 bits per heavy atom. The normalized spacial score (nSPS) is 11.6. The lowest BCUT2D eigenvalue weighted by molar-refractivity contribution is 1.69. The highest BCUT2D eigenvalue weighted by molar-refractivity contribution is 7.25. The molecule has 0 nitrogen and oxygen atoms in total. The molecule has 0 saturated carbocycles. The summed E-state index contributed by atoms with van der Waals surface area (Å²) in [5, 5.41) is 7.84. The van der Waals surface area contributed by atoms with Crippen LogP contribution in [-0.2, 0) is 0 Å². The van der Waals surface area contributed by atoms with Gasteiger partial charge in [-0.05, 0) is 68.1 Å². The van der Waals surface area contributed by atoms with Crippen molar-refractivity contribution in [2.24, 2.45) is 0 Å². The number of fused-ring (bicyclic) bond motifs is 5. The molecule has 0 fully saturated rings. The van der Waals surface area contributed by atoms with Crippen molar-refractivity contribution in [3.8, 4) is 22.3 Å². The summed E-state index contributed by atoms with van der Waals surface area (Å²) in [5.41, 5.74) is 5.13. The average molecular weight is 437 g/mol. The van der Waals surface area contributed by atoms with Crippen molar-refractivity contribution in [3.63, 3.8) is 0 Å². The van der Waals surface area contributed by atoms with Gasteiger partial charge in [-0.25, -0.2) is 0 Å². The molecule has 1 heteroatoms. The van der Waals surface area contributed by atoms with Gasteiger partial charge in [-0.3, -0.25) is 0 Å². The van der Waals surface area contributed by atoms with Gasteiger partial charge in [-0.1, -0.05) is 97.1 Å². The minimum absolute atomic E-state index is 1.27. The molecule has 0 bridgehead atoms. The molecule has 0 atom stereocenters. The molecule has 33 heavy (non-hydrogen) atoms. The molecule has 0 spiro atoms. The van der Waals surface area contributed by atoms with Crippen molar-refractivity contribution in [2.75, 3.05) is 0 Å². The van der Waals surface area contributed by atoms with Gasteiger partial charge >= 0.3 is 0 Å². The van der Waals surface area contributed by atoms with Gasteiger partial charge in [-0.2, -0.15) is 0 Å². The van der Waals surface area contributed by atoms with E-state index in [1.54, 1.807) is 0 Å². The summed E-state index contributed by atoms with van der Waals surface area (Å²) >= 11 is 1.88. The molecule has 0 unspecified atom stereocenters. The van der Waals surface area contributed by atoms with E-state index >= 15 is 0 Å². The fraction of sp³-hybridized carbons (Fsp3) is 0. The monoisotopic (exact) mass is 436 g/mol. The molecule has 1 heterocycles. The van der Waals surface area contributed by atoms with Crippen LogP contribution in [0.25, 0.3) is 64.0 Å². The molecule has 1 aromatic heterocycles. The third kappa shape index (κ3) is 2.97. The number of benzene rings is 6. The zero-order valence-corrected chi connectivity index (χ0v) is 18.8. The molecule has 0 saturated heterocycles. The Bertz CT molecular complexity index is 1680. The summed E-state index contributed by atoms with van der Waals surface area (Å²) in [4.78, 5) is 0. The van der Waals surface area contributed by atoms with Crippen LogP contribution in [0.15, 0.2) is 121 Å². The molecule has 0 amide bonds. The van der Waals surface area contributed by atoms with Crippen molar-refractivity contribution in [1.29, 1.82) is 0 Å². The molecule has 154 valence electrons. The van der Waals surface area contributed by atoms with Gasteiger partial charge in [0.15, 0.2) is 0 Å². The second-order valence-corrected chi connectivity index (χ2v) is 9.66. The van der Waals surface area contributed by atoms with Crippen LogP contribution in [0.4, 0.5) is 0 Å². The first-order valence-electron chi connectivity index (χ1n) is 11.3. The topological polar surface area (TPSA) is 0 Å². The van der Waals surface area contributed by atoms with Gasteiger partial charge in [0.2, 0.25) is 0 Å². The van der Waals surface area contributed by atoms with E-state index in [4.69, 9.17) is 0 Å². The molecule has 7 aromatic rings. The van der Waals surface area contributed by atoms with Crippen LogP contribution in [0, 0.1) is 0 Å². The van der Waals surface area contributed by atoms with Crippen LogP contribution in [0.2, 0.25) is 0 Å². The first-order valence-corrected chi connectivity index (χ1v) is 12.1. The van der Waals surface area contributed by atoms with Crippen LogP contribution in [-0.4, -0.2) is 0 Å². The number of hydrogen-bond acceptors (Lipinski definition) is 1. The first-order chi connectivity index (χ1) is 16.3. The quantitative estimate of drug-likeness (QED) is 0.253. The second kappa shape index (κ2) is 7.30. The van der Waals surface area contributed by atoms with Gasteiger partial charge in [0.25, 0.3) is 0 Å². The Kier molecular flexibility index (Phi) is 4.12. The summed E-state index contributed by atoms with van der Waals surface area (Å²) in [6.07, 6.45) is 0. The lowest BCUT2D eigenvalue weighted by Crippen LogP contribution is -1.82. The van der Waals surface area contributed by atoms with Gasteiger partial charge in [0, 0.05) is 20.2 Å². The highest BCUT2D eigenvalue weighted by Crippen LogP contribution is 2.40. The smallest absolute Gasteiger partial charge is 0.0355 e. The Hall–Kier alpha value is -3.94. The van der Waals surface area contributed by atoms with Gasteiger partial charge < -0.3 is 0 Å². The van der Waals surface area contributed by atoms with Gasteiger partial charge in [-0.15, -0.1) is 11.3 Å². The van der Waals surface area contributed by atoms with Crippen LogP contribution in [0.3, 0.4) is 0 Å². The average Bonchev–Trinajstić information content (AvgIpc) is 3.25. The van der Waals surface area contributed by atoms with Crippen molar-refractivity contribution >= 4 is 53.1 Å². The number of hydrogen-bond donors (Lipinski definition) is 0. The first kappa shape index (κ1) is 18.6. The van der Waals surface area contributed by atoms with Crippen LogP contribution in [0.1, 0.15) is 0 Å². The Morgan fingerprint density at radius 1 is 0.364 bits per heavy atom. The molecule has 0 aliphatic carbocycles. The van der Waals surface area contributed by atoms with E-state index in [9.17, 15) is 0 Å². The molecule has 0 radical (unpaired) electrons. The van der Waals surface area contributed by atoms with Crippen LogP contribution >= 0.6 is 11.3 Å². The second-order valence-electron chi connectivity index (χ2n) is 8.58. The highest BCUT2D eigenvalue weighted by Gasteiger charge is 2.11. The summed E-state index contributed by atoms with van der Waals surface area (Å²) in [6.45, 7) is 0. The maximum Gasteiger partial charge on any atom is 0.0355 e. The predicted octanol–water partition coefficient (Wildman–Crippen LogP) is 9.69. The lowest BCUT2D eigenvalue weighted by Gasteiger charge is -2.08. The standard InChI is InChI=1S/C32H20S/c1-3-11-25-21(7-1)9-5-13-27(25)23-15-17-31-29(19-23)30-20-24(16-18-32(30)33-31)28-14-6-10-22-8-2-4-12-26(22)28/h1-20H. The van der Waals surface area contributed by atoms with E-state index in [2.05, 4.69) is 121 Å². The van der Waals surface area contributed by atoms with Crippen molar-refractivity contribution in [2.45, 2.75) is 0 Å². The zero-order valence-electron chi connectivity index (χ0n) is 18.0. The molecule has 7 rings (SSSR count). The van der Waals surface area contributed by atoms with Crippen molar-refractivity contribution in [3.05, 3.63) is 121 Å². The SMILES string of the molecule is c1ccc2c(-c3ccc4sc5ccc(-c6cccc7ccccc67)cc5c4c3)cccc2c1. The van der Waals surface area contributed by atoms with Crippen LogP contribution in [0.5, 0.6) is 0 Å². The fourth-order valence-corrected chi connectivity index (χ4v) is 6.13. The van der Waals surface area contributed by atoms with E-state index in [0.717, 1.165) is 0 Å². The fourth-order valence-electron chi connectivity index (χ4n) is 5.07. The molecule has 0 aliphatic rings. The van der Waals surface area contributed by atoms with Crippen LogP contribution < -0.4 is 0 Å². The largest absolute Gasteiger partial charge is 0.135 e. The number of rotatable bonds is 2. The van der Waals surface area contributed by atoms with E-state index in [0.29, 0.717) is 0 Å². The van der Waals surface area contributed by atoms with Crippen molar-refractivity contribution < 1.29 is 0 Å². The number of thiophene rings is 1. The third-order valence-electron chi connectivity index (χ3n) is 6.67. The summed E-state index contributed by atoms with van der Waals surface area (Å²) in [6, 6.07) is 44.3. The lowest BCUT2D eigenvalue weighted by atomic mass is 9.95. The molecular weight excluding hydrogens is 416 g/mol. The predicted molar refractivity (Wildman–Crippen MR) is 145 cm³/mol.